The molecule has 2 unspecified atom stereocenters. The molecule has 150 valence electrons. The van der Waals surface area contributed by atoms with E-state index in [1.807, 2.05) is 12.1 Å². The maximum atomic E-state index is 12.3. The lowest BCUT2D eigenvalue weighted by atomic mass is 9.73. The number of rotatable bonds is 5. The average Bonchev–Trinajstić information content (AvgIpc) is 2.83. The Morgan fingerprint density at radius 2 is 1.89 bits per heavy atom. The number of nitrogens with zero attached hydrogens (tertiary/aromatic N) is 1. The van der Waals surface area contributed by atoms with Crippen LogP contribution in [0.5, 0.6) is 5.75 Å². The Hall–Kier alpha value is -2.10. The maximum Gasteiger partial charge on any atom is 0.118 e. The Bertz CT molecular complexity index is 810. The van der Waals surface area contributed by atoms with Crippen LogP contribution in [0, 0.1) is 12.8 Å². The standard InChI is InChI=1S/C25H33NO2/c1-19-8-7-11-21(16-19)25(27)22(9-5-6-10-23(25)18-26(2)3)17-20-12-14-24(28-4)15-13-20/h7-8,11-17,23,27H,5-6,9-10,18H2,1-4H3. The van der Waals surface area contributed by atoms with E-state index in [2.05, 4.69) is 68.4 Å². The van der Waals surface area contributed by atoms with Gasteiger partial charge in [-0.25, -0.2) is 0 Å². The quantitative estimate of drug-likeness (QED) is 0.740. The van der Waals surface area contributed by atoms with Crippen molar-refractivity contribution in [3.8, 4) is 5.75 Å². The summed E-state index contributed by atoms with van der Waals surface area (Å²) >= 11 is 0. The topological polar surface area (TPSA) is 32.7 Å². The van der Waals surface area contributed by atoms with E-state index in [0.29, 0.717) is 0 Å². The van der Waals surface area contributed by atoms with Crippen molar-refractivity contribution < 1.29 is 9.84 Å². The van der Waals surface area contributed by atoms with Gasteiger partial charge in [0.15, 0.2) is 0 Å². The Balaban J connectivity index is 2.11. The molecule has 1 N–H and O–H groups in total. The van der Waals surface area contributed by atoms with Crippen molar-refractivity contribution >= 4 is 6.08 Å². The minimum absolute atomic E-state index is 0.163. The molecular formula is C25H33NO2. The van der Waals surface area contributed by atoms with E-state index in [-0.39, 0.29) is 5.92 Å². The molecular weight excluding hydrogens is 346 g/mol. The van der Waals surface area contributed by atoms with Gasteiger partial charge in [-0.1, -0.05) is 54.5 Å². The Labute approximate surface area is 169 Å². The maximum absolute atomic E-state index is 12.3. The fraction of sp³-hybridized carbons (Fsp3) is 0.440. The lowest BCUT2D eigenvalue weighted by molar-refractivity contribution is 0.000444. The molecule has 0 spiro atoms. The lowest BCUT2D eigenvalue weighted by Crippen LogP contribution is -2.41. The molecule has 0 aromatic heterocycles. The van der Waals surface area contributed by atoms with Gasteiger partial charge in [-0.2, -0.15) is 0 Å². The van der Waals surface area contributed by atoms with E-state index in [1.54, 1.807) is 7.11 Å². The van der Waals surface area contributed by atoms with E-state index >= 15 is 0 Å². The number of aryl methyl sites for hydroxylation is 1. The average molecular weight is 380 g/mol. The second-order valence-corrected chi connectivity index (χ2v) is 8.28. The highest BCUT2D eigenvalue weighted by Crippen LogP contribution is 2.45. The molecule has 3 heteroatoms. The number of hydrogen-bond donors (Lipinski definition) is 1. The minimum Gasteiger partial charge on any atom is -0.497 e. The highest BCUT2D eigenvalue weighted by Gasteiger charge is 2.42. The number of aliphatic hydroxyl groups is 1. The first-order valence-corrected chi connectivity index (χ1v) is 10.2. The molecule has 1 aliphatic carbocycles. The van der Waals surface area contributed by atoms with Crippen molar-refractivity contribution in [2.75, 3.05) is 27.7 Å². The van der Waals surface area contributed by atoms with Gasteiger partial charge in [0.1, 0.15) is 11.4 Å². The molecule has 0 amide bonds. The van der Waals surface area contributed by atoms with Crippen LogP contribution in [0.2, 0.25) is 0 Å². The zero-order valence-electron chi connectivity index (χ0n) is 17.6. The predicted octanol–water partition coefficient (Wildman–Crippen LogP) is 5.03. The van der Waals surface area contributed by atoms with E-state index in [9.17, 15) is 5.11 Å². The van der Waals surface area contributed by atoms with E-state index < -0.39 is 5.60 Å². The largest absolute Gasteiger partial charge is 0.497 e. The normalized spacial score (nSPS) is 24.4. The molecule has 0 bridgehead atoms. The summed E-state index contributed by atoms with van der Waals surface area (Å²) in [6, 6.07) is 16.5. The van der Waals surface area contributed by atoms with Crippen LogP contribution in [0.4, 0.5) is 0 Å². The van der Waals surface area contributed by atoms with Gasteiger partial charge in [-0.3, -0.25) is 0 Å². The van der Waals surface area contributed by atoms with Crippen molar-refractivity contribution in [3.05, 3.63) is 70.8 Å². The Kier molecular flexibility index (Phi) is 6.58. The first kappa shape index (κ1) is 20.6. The Morgan fingerprint density at radius 1 is 1.14 bits per heavy atom. The fourth-order valence-corrected chi connectivity index (χ4v) is 4.42. The zero-order chi connectivity index (χ0) is 20.1. The van der Waals surface area contributed by atoms with Crippen molar-refractivity contribution in [1.82, 2.24) is 4.90 Å². The van der Waals surface area contributed by atoms with Gasteiger partial charge in [-0.05, 0) is 69.1 Å². The number of benzene rings is 2. The Morgan fingerprint density at radius 3 is 2.54 bits per heavy atom. The second-order valence-electron chi connectivity index (χ2n) is 8.28. The van der Waals surface area contributed by atoms with Crippen molar-refractivity contribution in [2.45, 2.75) is 38.2 Å². The summed E-state index contributed by atoms with van der Waals surface area (Å²) in [5.41, 5.74) is 3.47. The molecule has 1 aliphatic rings. The molecule has 0 saturated heterocycles. The first-order chi connectivity index (χ1) is 13.4. The van der Waals surface area contributed by atoms with E-state index in [1.165, 1.54) is 5.56 Å². The van der Waals surface area contributed by atoms with Crippen LogP contribution in [0.1, 0.15) is 42.4 Å². The molecule has 28 heavy (non-hydrogen) atoms. The van der Waals surface area contributed by atoms with Crippen LogP contribution in [-0.4, -0.2) is 37.8 Å². The van der Waals surface area contributed by atoms with Gasteiger partial charge in [0.2, 0.25) is 0 Å². The highest BCUT2D eigenvalue weighted by molar-refractivity contribution is 5.58. The molecule has 2 aromatic carbocycles. The second kappa shape index (κ2) is 8.93. The molecule has 3 nitrogen and oxygen atoms in total. The first-order valence-electron chi connectivity index (χ1n) is 10.2. The monoisotopic (exact) mass is 379 g/mol. The van der Waals surface area contributed by atoms with Crippen molar-refractivity contribution in [1.29, 1.82) is 0 Å². The summed E-state index contributed by atoms with van der Waals surface area (Å²) in [7, 11) is 5.87. The van der Waals surface area contributed by atoms with Gasteiger partial charge < -0.3 is 14.7 Å². The van der Waals surface area contributed by atoms with Gasteiger partial charge >= 0.3 is 0 Å². The summed E-state index contributed by atoms with van der Waals surface area (Å²) in [5.74, 6) is 1.01. The molecule has 1 fully saturated rings. The molecule has 0 aliphatic heterocycles. The van der Waals surface area contributed by atoms with Crippen LogP contribution >= 0.6 is 0 Å². The third-order valence-corrected chi connectivity index (χ3v) is 5.83. The van der Waals surface area contributed by atoms with Gasteiger partial charge in [-0.15, -0.1) is 0 Å². The fourth-order valence-electron chi connectivity index (χ4n) is 4.42. The predicted molar refractivity (Wildman–Crippen MR) is 117 cm³/mol. The van der Waals surface area contributed by atoms with Gasteiger partial charge in [0, 0.05) is 12.5 Å². The molecule has 2 atom stereocenters. The van der Waals surface area contributed by atoms with Crippen LogP contribution < -0.4 is 4.74 Å². The van der Waals surface area contributed by atoms with Crippen LogP contribution in [0.25, 0.3) is 6.08 Å². The minimum atomic E-state index is -0.952. The van der Waals surface area contributed by atoms with Crippen molar-refractivity contribution in [3.63, 3.8) is 0 Å². The highest BCUT2D eigenvalue weighted by atomic mass is 16.5. The summed E-state index contributed by atoms with van der Waals surface area (Å²) in [6.07, 6.45) is 6.39. The lowest BCUT2D eigenvalue weighted by Gasteiger charge is -2.39. The zero-order valence-corrected chi connectivity index (χ0v) is 17.6. The van der Waals surface area contributed by atoms with Crippen LogP contribution in [0.3, 0.4) is 0 Å². The van der Waals surface area contributed by atoms with E-state index in [4.69, 9.17) is 4.74 Å². The van der Waals surface area contributed by atoms with Crippen LogP contribution in [0.15, 0.2) is 54.1 Å². The summed E-state index contributed by atoms with van der Waals surface area (Å²) < 4.78 is 5.29. The molecule has 0 radical (unpaired) electrons. The van der Waals surface area contributed by atoms with E-state index in [0.717, 1.165) is 54.7 Å². The SMILES string of the molecule is COc1ccc(C=C2CCCCC(CN(C)C)C2(O)c2cccc(C)c2)cc1. The number of methoxy groups -OCH3 is 1. The smallest absolute Gasteiger partial charge is 0.118 e. The third-order valence-electron chi connectivity index (χ3n) is 5.83. The molecule has 1 saturated carbocycles. The molecule has 3 rings (SSSR count). The van der Waals surface area contributed by atoms with Crippen LogP contribution in [-0.2, 0) is 5.60 Å². The summed E-state index contributed by atoms with van der Waals surface area (Å²) in [4.78, 5) is 2.20. The number of ether oxygens (including phenoxy) is 1. The summed E-state index contributed by atoms with van der Waals surface area (Å²) in [6.45, 7) is 2.96. The third kappa shape index (κ3) is 4.48. The van der Waals surface area contributed by atoms with Gasteiger partial charge in [0.25, 0.3) is 0 Å². The molecule has 0 heterocycles. The van der Waals surface area contributed by atoms with Gasteiger partial charge in [0.05, 0.1) is 7.11 Å². The number of hydrogen-bond acceptors (Lipinski definition) is 3. The molecule has 2 aromatic rings. The van der Waals surface area contributed by atoms with Crippen molar-refractivity contribution in [2.24, 2.45) is 5.92 Å². The summed E-state index contributed by atoms with van der Waals surface area (Å²) in [5, 5.41) is 12.3.